The molecule has 0 aromatic heterocycles. The van der Waals surface area contributed by atoms with Gasteiger partial charge in [-0.25, -0.2) is 0 Å². The fourth-order valence-electron chi connectivity index (χ4n) is 3.06. The Morgan fingerprint density at radius 1 is 0.704 bits per heavy atom. The lowest BCUT2D eigenvalue weighted by Gasteiger charge is -2.20. The molecule has 27 heavy (non-hydrogen) atoms. The van der Waals surface area contributed by atoms with Crippen LogP contribution in [0.15, 0.2) is 0 Å². The van der Waals surface area contributed by atoms with Crippen molar-refractivity contribution < 1.29 is 19.1 Å². The van der Waals surface area contributed by atoms with Crippen LogP contribution in [0.5, 0.6) is 0 Å². The molecule has 0 amide bonds. The van der Waals surface area contributed by atoms with Gasteiger partial charge in [0.05, 0.1) is 13.2 Å². The molecule has 0 heterocycles. The second-order valence-electron chi connectivity index (χ2n) is 8.02. The molecule has 4 heteroatoms. The quantitative estimate of drug-likeness (QED) is 0.201. The van der Waals surface area contributed by atoms with Crippen LogP contribution in [-0.2, 0) is 19.1 Å². The first-order valence-corrected chi connectivity index (χ1v) is 11.3. The largest absolute Gasteiger partial charge is 0.466 e. The molecule has 1 atom stereocenters. The van der Waals surface area contributed by atoms with E-state index in [1.165, 1.54) is 25.7 Å². The molecule has 0 aliphatic heterocycles. The molecule has 0 aromatic carbocycles. The lowest BCUT2D eigenvalue weighted by atomic mass is 9.87. The van der Waals surface area contributed by atoms with Gasteiger partial charge in [0, 0.05) is 12.8 Å². The van der Waals surface area contributed by atoms with Crippen molar-refractivity contribution in [1.82, 2.24) is 0 Å². The minimum Gasteiger partial charge on any atom is -0.466 e. The van der Waals surface area contributed by atoms with Gasteiger partial charge >= 0.3 is 11.9 Å². The predicted molar refractivity (Wildman–Crippen MR) is 112 cm³/mol. The van der Waals surface area contributed by atoms with Gasteiger partial charge in [-0.1, -0.05) is 72.6 Å². The Kier molecular flexibility index (Phi) is 17.6. The van der Waals surface area contributed by atoms with Crippen molar-refractivity contribution in [2.75, 3.05) is 13.2 Å². The average molecular weight is 385 g/mol. The first-order valence-electron chi connectivity index (χ1n) is 11.3. The third kappa shape index (κ3) is 16.8. The van der Waals surface area contributed by atoms with E-state index in [0.717, 1.165) is 44.9 Å². The van der Waals surface area contributed by atoms with Gasteiger partial charge in [-0.3, -0.25) is 9.59 Å². The molecular weight excluding hydrogens is 340 g/mol. The molecule has 0 aromatic rings. The Morgan fingerprint density at radius 3 is 1.78 bits per heavy atom. The van der Waals surface area contributed by atoms with Crippen LogP contribution in [0.3, 0.4) is 0 Å². The van der Waals surface area contributed by atoms with E-state index < -0.39 is 0 Å². The second-order valence-corrected chi connectivity index (χ2v) is 8.02. The van der Waals surface area contributed by atoms with Gasteiger partial charge in [-0.05, 0) is 37.5 Å². The maximum Gasteiger partial charge on any atom is 0.306 e. The third-order valence-electron chi connectivity index (χ3n) is 5.10. The summed E-state index contributed by atoms with van der Waals surface area (Å²) in [5.74, 6) is 0.862. The number of hydrogen-bond donors (Lipinski definition) is 0. The van der Waals surface area contributed by atoms with Gasteiger partial charge in [0.1, 0.15) is 0 Å². The summed E-state index contributed by atoms with van der Waals surface area (Å²) in [7, 11) is 0. The minimum absolute atomic E-state index is 0.0343. The molecule has 0 aliphatic carbocycles. The second kappa shape index (κ2) is 18.3. The van der Waals surface area contributed by atoms with E-state index in [-0.39, 0.29) is 11.9 Å². The Morgan fingerprint density at radius 2 is 1.22 bits per heavy atom. The van der Waals surface area contributed by atoms with Gasteiger partial charge in [0.15, 0.2) is 0 Å². The van der Waals surface area contributed by atoms with Crippen LogP contribution < -0.4 is 0 Å². The highest BCUT2D eigenvalue weighted by Crippen LogP contribution is 2.23. The Hall–Kier alpha value is -1.06. The monoisotopic (exact) mass is 384 g/mol. The molecule has 0 fully saturated rings. The summed E-state index contributed by atoms with van der Waals surface area (Å²) >= 11 is 0. The number of carbonyl (C=O) groups excluding carboxylic acids is 2. The zero-order chi connectivity index (χ0) is 20.3. The maximum absolute atomic E-state index is 11.9. The van der Waals surface area contributed by atoms with Crippen molar-refractivity contribution in [3.05, 3.63) is 0 Å². The zero-order valence-corrected chi connectivity index (χ0v) is 18.4. The molecule has 160 valence electrons. The number of rotatable bonds is 18. The van der Waals surface area contributed by atoms with Crippen molar-refractivity contribution in [3.63, 3.8) is 0 Å². The molecular formula is C23H44O4. The zero-order valence-electron chi connectivity index (χ0n) is 18.4. The topological polar surface area (TPSA) is 52.6 Å². The molecule has 0 N–H and O–H groups in total. The minimum atomic E-state index is -0.0472. The van der Waals surface area contributed by atoms with Crippen LogP contribution in [-0.4, -0.2) is 25.2 Å². The van der Waals surface area contributed by atoms with Crippen molar-refractivity contribution in [2.45, 2.75) is 111 Å². The number of esters is 2. The standard InChI is InChI=1S/C23H44O4/c1-5-7-17-26-22(24)16-14-12-10-9-11-13-15-21(20(3)4)19-23(25)27-18-8-6-2/h20-21H,5-19H2,1-4H3. The number of unbranched alkanes of at least 4 members (excludes halogenated alkanes) is 7. The summed E-state index contributed by atoms with van der Waals surface area (Å²) in [4.78, 5) is 23.4. The Bertz CT molecular complexity index is 365. The van der Waals surface area contributed by atoms with E-state index in [9.17, 15) is 9.59 Å². The van der Waals surface area contributed by atoms with Gasteiger partial charge in [-0.15, -0.1) is 0 Å². The number of hydrogen-bond acceptors (Lipinski definition) is 4. The normalized spacial score (nSPS) is 12.2. The molecule has 0 saturated heterocycles. The fraction of sp³-hybridized carbons (Fsp3) is 0.913. The molecule has 0 spiro atoms. The summed E-state index contributed by atoms with van der Waals surface area (Å²) < 4.78 is 10.5. The van der Waals surface area contributed by atoms with Crippen molar-refractivity contribution >= 4 is 11.9 Å². The van der Waals surface area contributed by atoms with Crippen molar-refractivity contribution in [1.29, 1.82) is 0 Å². The van der Waals surface area contributed by atoms with E-state index in [4.69, 9.17) is 9.47 Å². The smallest absolute Gasteiger partial charge is 0.306 e. The van der Waals surface area contributed by atoms with Crippen LogP contribution in [0.1, 0.15) is 111 Å². The summed E-state index contributed by atoms with van der Waals surface area (Å²) in [5, 5.41) is 0. The van der Waals surface area contributed by atoms with Crippen LogP contribution in [0.4, 0.5) is 0 Å². The van der Waals surface area contributed by atoms with Crippen LogP contribution >= 0.6 is 0 Å². The highest BCUT2D eigenvalue weighted by Gasteiger charge is 2.18. The van der Waals surface area contributed by atoms with Crippen molar-refractivity contribution in [3.8, 4) is 0 Å². The van der Waals surface area contributed by atoms with Gasteiger partial charge in [0.2, 0.25) is 0 Å². The van der Waals surface area contributed by atoms with E-state index >= 15 is 0 Å². The summed E-state index contributed by atoms with van der Waals surface area (Å²) in [6.45, 7) is 9.72. The SMILES string of the molecule is CCCCOC(=O)CCCCCCCCC(CC(=O)OCCCC)C(C)C. The molecule has 0 rings (SSSR count). The Balaban J connectivity index is 3.66. The maximum atomic E-state index is 11.9. The van der Waals surface area contributed by atoms with Crippen LogP contribution in [0.2, 0.25) is 0 Å². The fourth-order valence-corrected chi connectivity index (χ4v) is 3.06. The number of carbonyl (C=O) groups is 2. The van der Waals surface area contributed by atoms with Gasteiger partial charge in [0.25, 0.3) is 0 Å². The molecule has 0 radical (unpaired) electrons. The highest BCUT2D eigenvalue weighted by atomic mass is 16.5. The van der Waals surface area contributed by atoms with E-state index in [1.54, 1.807) is 0 Å². The lowest BCUT2D eigenvalue weighted by Crippen LogP contribution is -2.16. The molecule has 4 nitrogen and oxygen atoms in total. The van der Waals surface area contributed by atoms with E-state index in [0.29, 0.717) is 37.9 Å². The third-order valence-corrected chi connectivity index (χ3v) is 5.10. The molecule has 0 bridgehead atoms. The highest BCUT2D eigenvalue weighted by molar-refractivity contribution is 5.69. The summed E-state index contributed by atoms with van der Waals surface area (Å²) in [6, 6.07) is 0. The first-order chi connectivity index (χ1) is 13.0. The van der Waals surface area contributed by atoms with Gasteiger partial charge in [-0.2, -0.15) is 0 Å². The van der Waals surface area contributed by atoms with Crippen LogP contribution in [0.25, 0.3) is 0 Å². The van der Waals surface area contributed by atoms with Gasteiger partial charge < -0.3 is 9.47 Å². The Labute approximate surface area is 167 Å². The number of ether oxygens (including phenoxy) is 2. The van der Waals surface area contributed by atoms with E-state index in [1.807, 2.05) is 0 Å². The van der Waals surface area contributed by atoms with Crippen molar-refractivity contribution in [2.24, 2.45) is 11.8 Å². The first kappa shape index (κ1) is 25.9. The molecule has 0 saturated carbocycles. The predicted octanol–water partition coefficient (Wildman–Crippen LogP) is 6.46. The van der Waals surface area contributed by atoms with E-state index in [2.05, 4.69) is 27.7 Å². The molecule has 0 aliphatic rings. The molecule has 1 unspecified atom stereocenters. The summed E-state index contributed by atoms with van der Waals surface area (Å²) in [6.07, 6.45) is 13.0. The van der Waals surface area contributed by atoms with Crippen LogP contribution in [0, 0.1) is 11.8 Å². The average Bonchev–Trinajstić information content (AvgIpc) is 2.63. The summed E-state index contributed by atoms with van der Waals surface area (Å²) in [5.41, 5.74) is 0. The lowest BCUT2D eigenvalue weighted by molar-refractivity contribution is -0.145.